The van der Waals surface area contributed by atoms with Crippen LogP contribution in [0.4, 0.5) is 0 Å². The van der Waals surface area contributed by atoms with Gasteiger partial charge in [0.15, 0.2) is 0 Å². The van der Waals surface area contributed by atoms with Gasteiger partial charge in [0.25, 0.3) is 0 Å². The summed E-state index contributed by atoms with van der Waals surface area (Å²) in [4.78, 5) is 12.4. The maximum Gasteiger partial charge on any atom is 0.223 e. The third-order valence-electron chi connectivity index (χ3n) is 5.18. The largest absolute Gasteiger partial charge is 0.353 e. The molecule has 0 heterocycles. The fourth-order valence-electron chi connectivity index (χ4n) is 3.74. The lowest BCUT2D eigenvalue weighted by Gasteiger charge is -2.37. The second-order valence-corrected chi connectivity index (χ2v) is 7.62. The Morgan fingerprint density at radius 2 is 2.00 bits per heavy atom. The van der Waals surface area contributed by atoms with E-state index >= 15 is 0 Å². The summed E-state index contributed by atoms with van der Waals surface area (Å²) < 4.78 is 0. The van der Waals surface area contributed by atoms with Crippen LogP contribution < -0.4 is 11.1 Å². The second-order valence-electron chi connectivity index (χ2n) is 7.62. The van der Waals surface area contributed by atoms with Crippen molar-refractivity contribution >= 4 is 5.91 Å². The molecule has 1 amide bonds. The van der Waals surface area contributed by atoms with Crippen LogP contribution in [0.15, 0.2) is 0 Å². The van der Waals surface area contributed by atoms with Crippen molar-refractivity contribution in [3.8, 4) is 0 Å². The highest BCUT2D eigenvalue weighted by Crippen LogP contribution is 2.35. The number of nitrogens with one attached hydrogen (secondary N) is 1. The second kappa shape index (κ2) is 5.82. The highest BCUT2D eigenvalue weighted by Gasteiger charge is 2.33. The molecule has 3 heteroatoms. The first kappa shape index (κ1) is 14.8. The molecule has 0 aromatic rings. The van der Waals surface area contributed by atoms with Crippen LogP contribution in [0, 0.1) is 17.3 Å². The fraction of sp³-hybridized carbons (Fsp3) is 0.938. The van der Waals surface area contributed by atoms with Crippen molar-refractivity contribution in [1.82, 2.24) is 5.32 Å². The van der Waals surface area contributed by atoms with E-state index in [4.69, 9.17) is 5.73 Å². The molecule has 3 N–H and O–H groups in total. The van der Waals surface area contributed by atoms with Crippen LogP contribution in [0.2, 0.25) is 0 Å². The van der Waals surface area contributed by atoms with Crippen LogP contribution in [-0.2, 0) is 4.79 Å². The van der Waals surface area contributed by atoms with Crippen LogP contribution >= 0.6 is 0 Å². The molecular formula is C16H30N2O. The van der Waals surface area contributed by atoms with E-state index in [9.17, 15) is 4.79 Å². The van der Waals surface area contributed by atoms with E-state index in [-0.39, 0.29) is 17.9 Å². The molecule has 2 aliphatic rings. The number of carbonyl (C=O) groups excluding carboxylic acids is 1. The lowest BCUT2D eigenvalue weighted by atomic mass is 9.74. The van der Waals surface area contributed by atoms with E-state index in [1.54, 1.807) is 0 Å². The van der Waals surface area contributed by atoms with Gasteiger partial charge in [0.2, 0.25) is 5.91 Å². The number of amides is 1. The molecule has 0 aromatic carbocycles. The van der Waals surface area contributed by atoms with Crippen molar-refractivity contribution in [3.05, 3.63) is 0 Å². The molecule has 3 nitrogen and oxygen atoms in total. The molecular weight excluding hydrogens is 236 g/mol. The average Bonchev–Trinajstić information content (AvgIpc) is 2.31. The minimum atomic E-state index is 0.149. The molecule has 4 unspecified atom stereocenters. The SMILES string of the molecule is CC1CCC(C(=O)NC2CCCC(C)(C)C2)CC1N. The Hall–Kier alpha value is -0.570. The fourth-order valence-corrected chi connectivity index (χ4v) is 3.74. The van der Waals surface area contributed by atoms with Gasteiger partial charge in [0.1, 0.15) is 0 Å². The molecule has 0 aliphatic heterocycles. The van der Waals surface area contributed by atoms with Crippen LogP contribution in [0.3, 0.4) is 0 Å². The third-order valence-corrected chi connectivity index (χ3v) is 5.18. The van der Waals surface area contributed by atoms with Crippen molar-refractivity contribution in [3.63, 3.8) is 0 Å². The van der Waals surface area contributed by atoms with E-state index in [1.165, 1.54) is 12.8 Å². The molecule has 2 rings (SSSR count). The Morgan fingerprint density at radius 3 is 2.63 bits per heavy atom. The summed E-state index contributed by atoms with van der Waals surface area (Å²) in [6.07, 6.45) is 7.75. The van der Waals surface area contributed by atoms with Gasteiger partial charge in [0, 0.05) is 18.0 Å². The predicted octanol–water partition coefficient (Wildman–Crippen LogP) is 2.83. The lowest BCUT2D eigenvalue weighted by molar-refractivity contribution is -0.127. The van der Waals surface area contributed by atoms with Crippen LogP contribution in [0.1, 0.15) is 65.7 Å². The number of carbonyl (C=O) groups is 1. The number of rotatable bonds is 2. The van der Waals surface area contributed by atoms with Crippen LogP contribution in [0.5, 0.6) is 0 Å². The Kier molecular flexibility index (Phi) is 4.54. The monoisotopic (exact) mass is 266 g/mol. The highest BCUT2D eigenvalue weighted by atomic mass is 16.1. The summed E-state index contributed by atoms with van der Waals surface area (Å²) in [6, 6.07) is 0.583. The van der Waals surface area contributed by atoms with E-state index in [2.05, 4.69) is 26.1 Å². The van der Waals surface area contributed by atoms with Crippen molar-refractivity contribution < 1.29 is 4.79 Å². The molecule has 2 fully saturated rings. The molecule has 0 spiro atoms. The van der Waals surface area contributed by atoms with E-state index in [0.717, 1.165) is 32.1 Å². The van der Waals surface area contributed by atoms with Crippen LogP contribution in [0.25, 0.3) is 0 Å². The van der Waals surface area contributed by atoms with Crippen molar-refractivity contribution in [2.75, 3.05) is 0 Å². The van der Waals surface area contributed by atoms with Gasteiger partial charge < -0.3 is 11.1 Å². The maximum absolute atomic E-state index is 12.4. The molecule has 2 saturated carbocycles. The lowest BCUT2D eigenvalue weighted by Crippen LogP contribution is -2.46. The maximum atomic E-state index is 12.4. The van der Waals surface area contributed by atoms with Gasteiger partial charge >= 0.3 is 0 Å². The zero-order valence-electron chi connectivity index (χ0n) is 12.7. The first-order valence-electron chi connectivity index (χ1n) is 7.93. The third kappa shape index (κ3) is 3.95. The van der Waals surface area contributed by atoms with Crippen molar-refractivity contribution in [1.29, 1.82) is 0 Å². The Labute approximate surface area is 117 Å². The summed E-state index contributed by atoms with van der Waals surface area (Å²) >= 11 is 0. The van der Waals surface area contributed by atoms with Gasteiger partial charge in [-0.05, 0) is 49.9 Å². The zero-order valence-corrected chi connectivity index (χ0v) is 12.7. The van der Waals surface area contributed by atoms with Gasteiger partial charge in [-0.1, -0.05) is 27.2 Å². The summed E-state index contributed by atoms with van der Waals surface area (Å²) in [6.45, 7) is 6.81. The molecule has 19 heavy (non-hydrogen) atoms. The van der Waals surface area contributed by atoms with E-state index in [1.807, 2.05) is 0 Å². The van der Waals surface area contributed by atoms with E-state index < -0.39 is 0 Å². The number of hydrogen-bond acceptors (Lipinski definition) is 2. The zero-order chi connectivity index (χ0) is 14.0. The van der Waals surface area contributed by atoms with Crippen molar-refractivity contribution in [2.24, 2.45) is 23.0 Å². The molecule has 0 radical (unpaired) electrons. The van der Waals surface area contributed by atoms with Gasteiger partial charge in [-0.2, -0.15) is 0 Å². The predicted molar refractivity (Wildman–Crippen MR) is 78.7 cm³/mol. The topological polar surface area (TPSA) is 55.1 Å². The summed E-state index contributed by atoms with van der Waals surface area (Å²) in [5.74, 6) is 0.971. The highest BCUT2D eigenvalue weighted by molar-refractivity contribution is 5.79. The van der Waals surface area contributed by atoms with Gasteiger partial charge in [-0.15, -0.1) is 0 Å². The van der Waals surface area contributed by atoms with Gasteiger partial charge in [-0.3, -0.25) is 4.79 Å². The Morgan fingerprint density at radius 1 is 1.26 bits per heavy atom. The summed E-state index contributed by atoms with van der Waals surface area (Å²) in [5, 5.41) is 3.29. The van der Waals surface area contributed by atoms with E-state index in [0.29, 0.717) is 17.4 Å². The summed E-state index contributed by atoms with van der Waals surface area (Å²) in [5.41, 5.74) is 6.49. The van der Waals surface area contributed by atoms with Crippen molar-refractivity contribution in [2.45, 2.75) is 77.8 Å². The van der Waals surface area contributed by atoms with Crippen LogP contribution in [-0.4, -0.2) is 18.0 Å². The van der Waals surface area contributed by atoms with Gasteiger partial charge in [0.05, 0.1) is 0 Å². The molecule has 0 saturated heterocycles. The molecule has 110 valence electrons. The quantitative estimate of drug-likeness (QED) is 0.807. The molecule has 2 aliphatic carbocycles. The Balaban J connectivity index is 1.84. The minimum Gasteiger partial charge on any atom is -0.353 e. The Bertz CT molecular complexity index is 327. The minimum absolute atomic E-state index is 0.149. The van der Waals surface area contributed by atoms with Gasteiger partial charge in [-0.25, -0.2) is 0 Å². The number of nitrogens with two attached hydrogens (primary N) is 1. The summed E-state index contributed by atoms with van der Waals surface area (Å²) in [7, 11) is 0. The normalized spacial score (nSPS) is 38.7. The standard InChI is InChI=1S/C16H30N2O/c1-11-6-7-12(9-14(11)17)15(19)18-13-5-4-8-16(2,3)10-13/h11-14H,4-10,17H2,1-3H3,(H,18,19). The number of hydrogen-bond donors (Lipinski definition) is 2. The first-order valence-corrected chi connectivity index (χ1v) is 7.93. The average molecular weight is 266 g/mol. The smallest absolute Gasteiger partial charge is 0.223 e. The molecule has 4 atom stereocenters. The first-order chi connectivity index (χ1) is 8.87. The molecule has 0 aromatic heterocycles. The molecule has 0 bridgehead atoms.